The first kappa shape index (κ1) is 23.2. The monoisotopic (exact) mass is 471 g/mol. The summed E-state index contributed by atoms with van der Waals surface area (Å²) in [5.41, 5.74) is 2.36. The number of imidazole rings is 1. The van der Waals surface area contributed by atoms with Gasteiger partial charge in [0, 0.05) is 51.8 Å². The number of hydrogen-bond acceptors (Lipinski definition) is 6. The third kappa shape index (κ3) is 5.17. The Morgan fingerprint density at radius 1 is 1.15 bits per heavy atom. The number of methoxy groups -OCH3 is 1. The van der Waals surface area contributed by atoms with Gasteiger partial charge in [-0.2, -0.15) is 4.31 Å². The molecule has 0 aliphatic carbocycles. The maximum absolute atomic E-state index is 13.0. The lowest BCUT2D eigenvalue weighted by Crippen LogP contribution is -2.35. The number of aryl methyl sites for hydroxylation is 2. The van der Waals surface area contributed by atoms with E-state index in [1.165, 1.54) is 0 Å². The van der Waals surface area contributed by atoms with Gasteiger partial charge in [-0.05, 0) is 42.7 Å². The summed E-state index contributed by atoms with van der Waals surface area (Å²) in [6.45, 7) is 1.52. The number of carbonyl (C=O) groups is 1. The zero-order chi connectivity index (χ0) is 23.4. The molecule has 10 heteroatoms. The average Bonchev–Trinajstić information content (AvgIpc) is 3.16. The fraction of sp³-hybridized carbons (Fsp3) is 0.435. The number of piperidine rings is 1. The van der Waals surface area contributed by atoms with Crippen LogP contribution in [0.3, 0.4) is 0 Å². The predicted molar refractivity (Wildman–Crippen MR) is 124 cm³/mol. The predicted octanol–water partition coefficient (Wildman–Crippen LogP) is 2.40. The minimum absolute atomic E-state index is 0.0915. The van der Waals surface area contributed by atoms with E-state index in [-0.39, 0.29) is 17.2 Å². The van der Waals surface area contributed by atoms with E-state index in [1.807, 2.05) is 17.7 Å². The minimum Gasteiger partial charge on any atom is -0.481 e. The maximum atomic E-state index is 13.0. The van der Waals surface area contributed by atoms with E-state index in [4.69, 9.17) is 4.74 Å². The van der Waals surface area contributed by atoms with Crippen molar-refractivity contribution in [2.45, 2.75) is 43.5 Å². The zero-order valence-corrected chi connectivity index (χ0v) is 19.8. The SMILES string of the molecule is COc1cc(CNC(=O)CCc2nc3cc(S(=O)(=O)N4CCCCC4)ccc3n2C)ccn1. The van der Waals surface area contributed by atoms with E-state index < -0.39 is 10.0 Å². The molecule has 0 unspecified atom stereocenters. The van der Waals surface area contributed by atoms with Crippen molar-refractivity contribution in [3.8, 4) is 5.88 Å². The Bertz CT molecular complexity index is 1250. The second kappa shape index (κ2) is 9.88. The second-order valence-corrected chi connectivity index (χ2v) is 10.1. The summed E-state index contributed by atoms with van der Waals surface area (Å²) in [4.78, 5) is 21.3. The molecule has 9 nitrogen and oxygen atoms in total. The summed E-state index contributed by atoms with van der Waals surface area (Å²) >= 11 is 0. The van der Waals surface area contributed by atoms with Crippen LogP contribution in [0.15, 0.2) is 41.4 Å². The van der Waals surface area contributed by atoms with Crippen molar-refractivity contribution in [3.63, 3.8) is 0 Å². The van der Waals surface area contributed by atoms with Gasteiger partial charge in [-0.25, -0.2) is 18.4 Å². The second-order valence-electron chi connectivity index (χ2n) is 8.19. The quantitative estimate of drug-likeness (QED) is 0.541. The highest BCUT2D eigenvalue weighted by Crippen LogP contribution is 2.25. The number of hydrogen-bond donors (Lipinski definition) is 1. The molecule has 0 bridgehead atoms. The molecule has 1 saturated heterocycles. The van der Waals surface area contributed by atoms with Crippen LogP contribution in [0.1, 0.15) is 37.1 Å². The standard InChI is InChI=1S/C23H29N5O4S/c1-27-20-7-6-18(33(30,31)28-12-4-3-5-13-28)15-19(20)26-21(27)8-9-22(29)25-16-17-10-11-24-23(14-17)32-2/h6-7,10-11,14-15H,3-5,8-9,12-13,16H2,1-2H3,(H,25,29). The molecular formula is C23H29N5O4S. The van der Waals surface area contributed by atoms with Crippen LogP contribution >= 0.6 is 0 Å². The highest BCUT2D eigenvalue weighted by Gasteiger charge is 2.26. The first-order valence-corrected chi connectivity index (χ1v) is 12.5. The van der Waals surface area contributed by atoms with Gasteiger partial charge in [0.2, 0.25) is 21.8 Å². The number of sulfonamides is 1. The number of carbonyl (C=O) groups excluding carboxylic acids is 1. The van der Waals surface area contributed by atoms with Crippen LogP contribution in [0.5, 0.6) is 5.88 Å². The van der Waals surface area contributed by atoms with Gasteiger partial charge in [-0.15, -0.1) is 0 Å². The van der Waals surface area contributed by atoms with Crippen LogP contribution in [0.2, 0.25) is 0 Å². The summed E-state index contributed by atoms with van der Waals surface area (Å²) in [7, 11) is -0.0863. The van der Waals surface area contributed by atoms with Gasteiger partial charge in [-0.3, -0.25) is 4.79 Å². The van der Waals surface area contributed by atoms with Crippen LogP contribution in [0.4, 0.5) is 0 Å². The number of pyridine rings is 1. The molecule has 33 heavy (non-hydrogen) atoms. The van der Waals surface area contributed by atoms with Crippen LogP contribution in [0, 0.1) is 0 Å². The largest absolute Gasteiger partial charge is 0.481 e. The van der Waals surface area contributed by atoms with E-state index in [9.17, 15) is 13.2 Å². The molecule has 176 valence electrons. The van der Waals surface area contributed by atoms with E-state index in [0.717, 1.165) is 36.2 Å². The van der Waals surface area contributed by atoms with Crippen molar-refractivity contribution >= 4 is 27.0 Å². The number of aromatic nitrogens is 3. The van der Waals surface area contributed by atoms with E-state index in [1.54, 1.807) is 41.9 Å². The average molecular weight is 472 g/mol. The number of benzene rings is 1. The molecular weight excluding hydrogens is 442 g/mol. The Kier molecular flexibility index (Phi) is 6.94. The summed E-state index contributed by atoms with van der Waals surface area (Å²) in [5, 5.41) is 2.89. The van der Waals surface area contributed by atoms with Crippen molar-refractivity contribution < 1.29 is 17.9 Å². The first-order valence-electron chi connectivity index (χ1n) is 11.1. The topological polar surface area (TPSA) is 106 Å². The normalized spacial score (nSPS) is 15.0. The molecule has 1 amide bonds. The van der Waals surface area contributed by atoms with Crippen LogP contribution in [0.25, 0.3) is 11.0 Å². The molecule has 2 aromatic heterocycles. The van der Waals surface area contributed by atoms with Gasteiger partial charge in [0.05, 0.1) is 23.0 Å². The van der Waals surface area contributed by atoms with Gasteiger partial charge in [0.25, 0.3) is 0 Å². The van der Waals surface area contributed by atoms with Crippen molar-refractivity contribution in [3.05, 3.63) is 47.9 Å². The van der Waals surface area contributed by atoms with E-state index in [0.29, 0.717) is 37.5 Å². The third-order valence-electron chi connectivity index (χ3n) is 5.97. The summed E-state index contributed by atoms with van der Waals surface area (Å²) < 4.78 is 34.6. The van der Waals surface area contributed by atoms with E-state index in [2.05, 4.69) is 15.3 Å². The number of ether oxygens (including phenoxy) is 1. The van der Waals surface area contributed by atoms with Crippen molar-refractivity contribution in [1.29, 1.82) is 0 Å². The van der Waals surface area contributed by atoms with Crippen molar-refractivity contribution in [2.75, 3.05) is 20.2 Å². The van der Waals surface area contributed by atoms with Gasteiger partial charge in [-0.1, -0.05) is 6.42 Å². The molecule has 0 spiro atoms. The molecule has 1 aliphatic rings. The van der Waals surface area contributed by atoms with Crippen molar-refractivity contribution in [2.24, 2.45) is 7.05 Å². The van der Waals surface area contributed by atoms with Crippen molar-refractivity contribution in [1.82, 2.24) is 24.2 Å². The Hall–Kier alpha value is -2.98. The van der Waals surface area contributed by atoms with Gasteiger partial charge in [0.15, 0.2) is 0 Å². The number of nitrogens with zero attached hydrogens (tertiary/aromatic N) is 4. The number of nitrogens with one attached hydrogen (secondary N) is 1. The Balaban J connectivity index is 1.41. The Morgan fingerprint density at radius 2 is 1.94 bits per heavy atom. The lowest BCUT2D eigenvalue weighted by molar-refractivity contribution is -0.121. The van der Waals surface area contributed by atoms with Crippen LogP contribution in [-0.4, -0.2) is 53.4 Å². The molecule has 1 aromatic carbocycles. The molecule has 0 atom stereocenters. The molecule has 0 saturated carbocycles. The molecule has 0 radical (unpaired) electrons. The molecule has 4 rings (SSSR count). The van der Waals surface area contributed by atoms with E-state index >= 15 is 0 Å². The Morgan fingerprint density at radius 3 is 2.70 bits per heavy atom. The first-order chi connectivity index (χ1) is 15.9. The Labute approximate surface area is 193 Å². The fourth-order valence-corrected chi connectivity index (χ4v) is 5.59. The molecule has 3 aromatic rings. The summed E-state index contributed by atoms with van der Waals surface area (Å²) in [5.74, 6) is 1.15. The smallest absolute Gasteiger partial charge is 0.243 e. The molecule has 1 fully saturated rings. The fourth-order valence-electron chi connectivity index (χ4n) is 4.05. The summed E-state index contributed by atoms with van der Waals surface area (Å²) in [6, 6.07) is 8.68. The number of rotatable bonds is 8. The van der Waals surface area contributed by atoms with Gasteiger partial charge in [0.1, 0.15) is 5.82 Å². The number of amides is 1. The summed E-state index contributed by atoms with van der Waals surface area (Å²) in [6.07, 6.45) is 5.22. The number of fused-ring (bicyclic) bond motifs is 1. The third-order valence-corrected chi connectivity index (χ3v) is 7.87. The highest BCUT2D eigenvalue weighted by atomic mass is 32.2. The minimum atomic E-state index is -3.52. The lowest BCUT2D eigenvalue weighted by atomic mass is 10.2. The van der Waals surface area contributed by atoms with Gasteiger partial charge >= 0.3 is 0 Å². The molecule has 1 N–H and O–H groups in total. The molecule has 3 heterocycles. The zero-order valence-electron chi connectivity index (χ0n) is 19.0. The lowest BCUT2D eigenvalue weighted by Gasteiger charge is -2.25. The van der Waals surface area contributed by atoms with Crippen LogP contribution < -0.4 is 10.1 Å². The highest BCUT2D eigenvalue weighted by molar-refractivity contribution is 7.89. The van der Waals surface area contributed by atoms with Crippen LogP contribution in [-0.2, 0) is 34.8 Å². The maximum Gasteiger partial charge on any atom is 0.243 e. The van der Waals surface area contributed by atoms with Gasteiger partial charge < -0.3 is 14.6 Å². The molecule has 1 aliphatic heterocycles.